The highest BCUT2D eigenvalue weighted by atomic mass is 32.1. The van der Waals surface area contributed by atoms with Gasteiger partial charge in [-0.3, -0.25) is 14.9 Å². The molecule has 182 valence electrons. The SMILES string of the molecule is COc1ccc(C=Nc2sc3c(c2C(=O)Nc2ccccc2)CC[C@@H](C(C)(C)C)C3)cc1[N+](=O)[O-]. The van der Waals surface area contributed by atoms with Gasteiger partial charge in [-0.2, -0.15) is 0 Å². The van der Waals surface area contributed by atoms with Gasteiger partial charge in [0.1, 0.15) is 5.00 Å². The number of benzene rings is 2. The second-order valence-electron chi connectivity index (χ2n) is 9.76. The molecule has 1 amide bonds. The normalized spacial score (nSPS) is 15.6. The van der Waals surface area contributed by atoms with Crippen LogP contribution in [0.1, 0.15) is 53.6 Å². The number of nitrogens with one attached hydrogen (secondary N) is 1. The Morgan fingerprint density at radius 1 is 1.23 bits per heavy atom. The minimum atomic E-state index is -0.481. The summed E-state index contributed by atoms with van der Waals surface area (Å²) in [5.74, 6) is 0.533. The number of rotatable bonds is 6. The first-order valence-electron chi connectivity index (χ1n) is 11.5. The molecule has 2 aromatic carbocycles. The summed E-state index contributed by atoms with van der Waals surface area (Å²) in [7, 11) is 1.40. The van der Waals surface area contributed by atoms with Crippen molar-refractivity contribution in [2.45, 2.75) is 40.0 Å². The molecule has 1 N–H and O–H groups in total. The maximum atomic E-state index is 13.4. The molecule has 0 radical (unpaired) electrons. The molecule has 1 aliphatic rings. The number of ether oxygens (including phenoxy) is 1. The number of methoxy groups -OCH3 is 1. The maximum Gasteiger partial charge on any atom is 0.311 e. The van der Waals surface area contributed by atoms with E-state index < -0.39 is 4.92 Å². The lowest BCUT2D eigenvalue weighted by Crippen LogP contribution is -2.27. The number of para-hydroxylation sites is 1. The highest BCUT2D eigenvalue weighted by Gasteiger charge is 2.33. The number of nitrogens with zero attached hydrogens (tertiary/aromatic N) is 2. The number of thiophene rings is 1. The number of hydrogen-bond donors (Lipinski definition) is 1. The number of nitro groups is 1. The lowest BCUT2D eigenvalue weighted by molar-refractivity contribution is -0.385. The third kappa shape index (κ3) is 5.43. The van der Waals surface area contributed by atoms with E-state index in [0.717, 1.165) is 30.5 Å². The van der Waals surface area contributed by atoms with Gasteiger partial charge in [-0.25, -0.2) is 4.99 Å². The van der Waals surface area contributed by atoms with Crippen LogP contribution in [0.5, 0.6) is 5.75 Å². The molecule has 1 atom stereocenters. The van der Waals surface area contributed by atoms with Crippen molar-refractivity contribution in [2.24, 2.45) is 16.3 Å². The topological polar surface area (TPSA) is 93.8 Å². The molecule has 7 nitrogen and oxygen atoms in total. The van der Waals surface area contributed by atoms with Crippen molar-refractivity contribution in [3.63, 3.8) is 0 Å². The third-order valence-electron chi connectivity index (χ3n) is 6.46. The van der Waals surface area contributed by atoms with Gasteiger partial charge in [0.15, 0.2) is 5.75 Å². The fourth-order valence-corrected chi connectivity index (χ4v) is 5.68. The largest absolute Gasteiger partial charge is 0.490 e. The maximum absolute atomic E-state index is 13.4. The highest BCUT2D eigenvalue weighted by Crippen LogP contribution is 2.45. The monoisotopic (exact) mass is 491 g/mol. The van der Waals surface area contributed by atoms with Crippen LogP contribution in [0.3, 0.4) is 0 Å². The number of aliphatic imine (C=N–C) groups is 1. The van der Waals surface area contributed by atoms with E-state index in [1.165, 1.54) is 18.1 Å². The molecule has 3 aromatic rings. The summed E-state index contributed by atoms with van der Waals surface area (Å²) in [6.07, 6.45) is 4.34. The lowest BCUT2D eigenvalue weighted by Gasteiger charge is -2.33. The fraction of sp³-hybridized carbons (Fsp3) is 0.333. The van der Waals surface area contributed by atoms with Crippen LogP contribution in [-0.2, 0) is 12.8 Å². The summed E-state index contributed by atoms with van der Waals surface area (Å²) in [6.45, 7) is 6.78. The number of nitro benzene ring substituents is 1. The van der Waals surface area contributed by atoms with Crippen LogP contribution in [0.25, 0.3) is 0 Å². The molecular weight excluding hydrogens is 462 g/mol. The van der Waals surface area contributed by atoms with Gasteiger partial charge in [0.2, 0.25) is 0 Å². The molecule has 0 saturated heterocycles. The van der Waals surface area contributed by atoms with Crippen molar-refractivity contribution in [2.75, 3.05) is 12.4 Å². The zero-order chi connectivity index (χ0) is 25.2. The van der Waals surface area contributed by atoms with Crippen molar-refractivity contribution < 1.29 is 14.5 Å². The van der Waals surface area contributed by atoms with Gasteiger partial charge in [0, 0.05) is 22.8 Å². The van der Waals surface area contributed by atoms with Crippen molar-refractivity contribution >= 4 is 39.8 Å². The Kier molecular flexibility index (Phi) is 7.03. The minimum Gasteiger partial charge on any atom is -0.490 e. The van der Waals surface area contributed by atoms with E-state index >= 15 is 0 Å². The summed E-state index contributed by atoms with van der Waals surface area (Å²) in [5.41, 5.74) is 3.00. The van der Waals surface area contributed by atoms with Crippen LogP contribution in [0, 0.1) is 21.4 Å². The van der Waals surface area contributed by atoms with E-state index in [1.54, 1.807) is 29.7 Å². The molecule has 1 aromatic heterocycles. The molecule has 4 rings (SSSR count). The molecule has 35 heavy (non-hydrogen) atoms. The zero-order valence-corrected chi connectivity index (χ0v) is 21.1. The average molecular weight is 492 g/mol. The Morgan fingerprint density at radius 2 is 1.97 bits per heavy atom. The molecule has 1 heterocycles. The van der Waals surface area contributed by atoms with Gasteiger partial charge in [0.25, 0.3) is 5.91 Å². The van der Waals surface area contributed by atoms with Crippen LogP contribution in [-0.4, -0.2) is 24.2 Å². The quantitative estimate of drug-likeness (QED) is 0.233. The standard InChI is InChI=1S/C27H29N3O4S/c1-27(2,3)18-11-12-20-23(15-18)35-26(24(20)25(31)29-19-8-6-5-7-9-19)28-16-17-10-13-22(34-4)21(14-17)30(32)33/h5-10,13-14,16,18H,11-12,15H2,1-4H3,(H,29,31)/t18-/m1/s1. The summed E-state index contributed by atoms with van der Waals surface area (Å²) in [4.78, 5) is 30.2. The van der Waals surface area contributed by atoms with E-state index in [-0.39, 0.29) is 22.8 Å². The third-order valence-corrected chi connectivity index (χ3v) is 7.62. The van der Waals surface area contributed by atoms with Crippen LogP contribution in [0.15, 0.2) is 53.5 Å². The van der Waals surface area contributed by atoms with Crippen molar-refractivity contribution in [1.82, 2.24) is 0 Å². The Bertz CT molecular complexity index is 1280. The van der Waals surface area contributed by atoms with E-state index in [2.05, 4.69) is 31.1 Å². The smallest absolute Gasteiger partial charge is 0.311 e. The molecule has 0 bridgehead atoms. The van der Waals surface area contributed by atoms with Crippen LogP contribution >= 0.6 is 11.3 Å². The first kappa shape index (κ1) is 24.6. The van der Waals surface area contributed by atoms with Gasteiger partial charge < -0.3 is 10.1 Å². The van der Waals surface area contributed by atoms with Crippen molar-refractivity contribution in [3.05, 3.63) is 80.2 Å². The number of carbonyl (C=O) groups excluding carboxylic acids is 1. The van der Waals surface area contributed by atoms with E-state index in [0.29, 0.717) is 22.0 Å². The Labute approximate surface area is 209 Å². The first-order valence-corrected chi connectivity index (χ1v) is 12.4. The first-order chi connectivity index (χ1) is 16.7. The Balaban J connectivity index is 1.72. The van der Waals surface area contributed by atoms with Gasteiger partial charge in [0.05, 0.1) is 17.6 Å². The lowest BCUT2D eigenvalue weighted by atomic mass is 9.72. The second-order valence-corrected chi connectivity index (χ2v) is 10.8. The van der Waals surface area contributed by atoms with E-state index in [4.69, 9.17) is 4.74 Å². The predicted octanol–water partition coefficient (Wildman–Crippen LogP) is 6.82. The summed E-state index contributed by atoms with van der Waals surface area (Å²) in [6, 6.07) is 14.0. The highest BCUT2D eigenvalue weighted by molar-refractivity contribution is 7.16. The second kappa shape index (κ2) is 10.00. The molecule has 0 aliphatic heterocycles. The molecule has 0 fully saturated rings. The number of anilines is 1. The van der Waals surface area contributed by atoms with Crippen LogP contribution in [0.2, 0.25) is 0 Å². The summed E-state index contributed by atoms with van der Waals surface area (Å²) < 4.78 is 5.09. The molecule has 0 saturated carbocycles. The summed E-state index contributed by atoms with van der Waals surface area (Å²) >= 11 is 1.54. The fourth-order valence-electron chi connectivity index (χ4n) is 4.41. The number of hydrogen-bond acceptors (Lipinski definition) is 6. The predicted molar refractivity (Wildman–Crippen MR) is 141 cm³/mol. The molecule has 8 heteroatoms. The Hall–Kier alpha value is -3.52. The zero-order valence-electron chi connectivity index (χ0n) is 20.3. The van der Waals surface area contributed by atoms with E-state index in [9.17, 15) is 14.9 Å². The number of fused-ring (bicyclic) bond motifs is 1. The Morgan fingerprint density at radius 3 is 2.63 bits per heavy atom. The minimum absolute atomic E-state index is 0.128. The van der Waals surface area contributed by atoms with Gasteiger partial charge in [-0.05, 0) is 66.0 Å². The summed E-state index contributed by atoms with van der Waals surface area (Å²) in [5, 5.41) is 15.0. The van der Waals surface area contributed by atoms with Gasteiger partial charge in [-0.1, -0.05) is 39.0 Å². The van der Waals surface area contributed by atoms with Gasteiger partial charge >= 0.3 is 5.69 Å². The number of carbonyl (C=O) groups is 1. The van der Waals surface area contributed by atoms with Crippen LogP contribution < -0.4 is 10.1 Å². The van der Waals surface area contributed by atoms with Crippen molar-refractivity contribution in [3.8, 4) is 5.75 Å². The van der Waals surface area contributed by atoms with Gasteiger partial charge in [-0.15, -0.1) is 11.3 Å². The van der Waals surface area contributed by atoms with Crippen LogP contribution in [0.4, 0.5) is 16.4 Å². The molecule has 1 aliphatic carbocycles. The molecule has 0 unspecified atom stereocenters. The van der Waals surface area contributed by atoms with Crippen molar-refractivity contribution in [1.29, 1.82) is 0 Å². The van der Waals surface area contributed by atoms with E-state index in [1.807, 2.05) is 30.3 Å². The number of amides is 1. The average Bonchev–Trinajstić information content (AvgIpc) is 3.20. The molecule has 0 spiro atoms. The molecular formula is C27H29N3O4S.